The lowest BCUT2D eigenvalue weighted by Crippen LogP contribution is -2.66. The van der Waals surface area contributed by atoms with Crippen molar-refractivity contribution in [2.45, 2.75) is 56.6 Å². The van der Waals surface area contributed by atoms with Gasteiger partial charge in [-0.1, -0.05) is 0 Å². The fourth-order valence-electron chi connectivity index (χ4n) is 2.54. The zero-order valence-electron chi connectivity index (χ0n) is 14.0. The molecule has 0 radical (unpaired) electrons. The maximum Gasteiger partial charge on any atom is 0.217 e. The molecule has 1 fully saturated rings. The van der Waals surface area contributed by atoms with Gasteiger partial charge in [0.15, 0.2) is 6.29 Å². The maximum absolute atomic E-state index is 11.3. The number of aliphatic hydroxyl groups excluding tert-OH is 5. The van der Waals surface area contributed by atoms with Crippen LogP contribution >= 0.6 is 0 Å². The summed E-state index contributed by atoms with van der Waals surface area (Å²) in [5, 5.41) is 52.9. The molecule has 1 aliphatic heterocycles. The summed E-state index contributed by atoms with van der Waals surface area (Å²) < 4.78 is 10.9. The second-order valence-corrected chi connectivity index (χ2v) is 5.78. The van der Waals surface area contributed by atoms with Crippen LogP contribution in [0.1, 0.15) is 13.8 Å². The van der Waals surface area contributed by atoms with Crippen molar-refractivity contribution in [3.8, 4) is 0 Å². The molecule has 11 nitrogen and oxygen atoms in total. The number of hydrogen-bond donors (Lipinski definition) is 7. The van der Waals surface area contributed by atoms with E-state index in [9.17, 15) is 35.1 Å². The third-order valence-corrected chi connectivity index (χ3v) is 3.77. The average molecular weight is 366 g/mol. The Morgan fingerprint density at radius 2 is 1.72 bits per heavy atom. The topological polar surface area (TPSA) is 178 Å². The first kappa shape index (κ1) is 21.7. The fourth-order valence-corrected chi connectivity index (χ4v) is 2.54. The lowest BCUT2D eigenvalue weighted by molar-refractivity contribution is -0.287. The molecule has 0 aromatic heterocycles. The summed E-state index contributed by atoms with van der Waals surface area (Å²) in [6.45, 7) is 0.628. The van der Waals surface area contributed by atoms with Gasteiger partial charge in [0.1, 0.15) is 30.5 Å². The van der Waals surface area contributed by atoms with Gasteiger partial charge in [0.25, 0.3) is 0 Å². The van der Waals surface area contributed by atoms with Gasteiger partial charge in [-0.15, -0.1) is 0 Å². The van der Waals surface area contributed by atoms with Crippen molar-refractivity contribution in [2.75, 3.05) is 19.8 Å². The van der Waals surface area contributed by atoms with Crippen LogP contribution in [0.3, 0.4) is 0 Å². The summed E-state index contributed by atoms with van der Waals surface area (Å²) in [6, 6.07) is -2.17. The highest BCUT2D eigenvalue weighted by atomic mass is 16.7. The van der Waals surface area contributed by atoms with Crippen molar-refractivity contribution in [3.63, 3.8) is 0 Å². The summed E-state index contributed by atoms with van der Waals surface area (Å²) in [6.07, 6.45) is -6.64. The zero-order chi connectivity index (χ0) is 19.1. The van der Waals surface area contributed by atoms with E-state index in [0.29, 0.717) is 0 Å². The molecule has 0 saturated carbocycles. The molecule has 146 valence electrons. The molecule has 25 heavy (non-hydrogen) atoms. The molecule has 1 aliphatic rings. The molecular formula is C14H26N2O9. The van der Waals surface area contributed by atoms with Gasteiger partial charge < -0.3 is 45.6 Å². The normalized spacial score (nSPS) is 31.9. The lowest BCUT2D eigenvalue weighted by Gasteiger charge is -2.43. The van der Waals surface area contributed by atoms with E-state index in [1.165, 1.54) is 13.8 Å². The van der Waals surface area contributed by atoms with E-state index in [4.69, 9.17) is 9.47 Å². The Kier molecular flexibility index (Phi) is 8.65. The maximum atomic E-state index is 11.3. The van der Waals surface area contributed by atoms with Gasteiger partial charge in [-0.25, -0.2) is 0 Å². The van der Waals surface area contributed by atoms with Crippen molar-refractivity contribution in [1.82, 2.24) is 10.6 Å². The largest absolute Gasteiger partial charge is 0.394 e. The van der Waals surface area contributed by atoms with Crippen LogP contribution in [0.2, 0.25) is 0 Å². The average Bonchev–Trinajstić information content (AvgIpc) is 2.56. The molecule has 0 bridgehead atoms. The Balaban J connectivity index is 2.97. The van der Waals surface area contributed by atoms with E-state index in [1.807, 2.05) is 0 Å². The number of hydrogen-bond acceptors (Lipinski definition) is 9. The first-order valence-electron chi connectivity index (χ1n) is 7.78. The van der Waals surface area contributed by atoms with Gasteiger partial charge in [0.05, 0.1) is 25.9 Å². The first-order valence-corrected chi connectivity index (χ1v) is 7.78. The molecule has 1 saturated heterocycles. The van der Waals surface area contributed by atoms with E-state index in [0.717, 1.165) is 0 Å². The molecule has 0 unspecified atom stereocenters. The Morgan fingerprint density at radius 3 is 2.16 bits per heavy atom. The van der Waals surface area contributed by atoms with Gasteiger partial charge in [0, 0.05) is 13.8 Å². The molecule has 7 atom stereocenters. The van der Waals surface area contributed by atoms with Gasteiger partial charge in [0.2, 0.25) is 11.8 Å². The fraction of sp³-hybridized carbons (Fsp3) is 0.857. The van der Waals surface area contributed by atoms with Crippen molar-refractivity contribution in [1.29, 1.82) is 0 Å². The third-order valence-electron chi connectivity index (χ3n) is 3.77. The second kappa shape index (κ2) is 9.97. The minimum atomic E-state index is -1.51. The predicted molar refractivity (Wildman–Crippen MR) is 82.0 cm³/mol. The number of amides is 2. The summed E-state index contributed by atoms with van der Waals surface area (Å²) >= 11 is 0. The number of ether oxygens (including phenoxy) is 2. The number of rotatable bonds is 8. The Morgan fingerprint density at radius 1 is 1.08 bits per heavy atom. The van der Waals surface area contributed by atoms with E-state index in [1.54, 1.807) is 0 Å². The molecular weight excluding hydrogens is 340 g/mol. The Labute approximate surface area is 144 Å². The Bertz CT molecular complexity index is 450. The number of aliphatic hydroxyl groups is 5. The molecule has 0 aliphatic carbocycles. The first-order chi connectivity index (χ1) is 11.7. The van der Waals surface area contributed by atoms with Crippen molar-refractivity contribution >= 4 is 11.8 Å². The van der Waals surface area contributed by atoms with Crippen LogP contribution in [-0.4, -0.2) is 100.0 Å². The molecule has 1 rings (SSSR count). The number of carbonyl (C=O) groups excluding carboxylic acids is 2. The highest BCUT2D eigenvalue weighted by molar-refractivity contribution is 5.73. The molecule has 0 aromatic rings. The zero-order valence-corrected chi connectivity index (χ0v) is 14.0. The second-order valence-electron chi connectivity index (χ2n) is 5.78. The lowest BCUT2D eigenvalue weighted by atomic mass is 9.96. The molecule has 0 aromatic carbocycles. The van der Waals surface area contributed by atoms with E-state index in [2.05, 4.69) is 10.6 Å². The van der Waals surface area contributed by atoms with Gasteiger partial charge >= 0.3 is 0 Å². The van der Waals surface area contributed by atoms with Crippen LogP contribution in [0, 0.1) is 0 Å². The van der Waals surface area contributed by atoms with E-state index in [-0.39, 0.29) is 0 Å². The van der Waals surface area contributed by atoms with Crippen LogP contribution < -0.4 is 10.6 Å². The summed E-state index contributed by atoms with van der Waals surface area (Å²) in [4.78, 5) is 22.5. The quantitative estimate of drug-likeness (QED) is 0.224. The van der Waals surface area contributed by atoms with Crippen molar-refractivity contribution in [2.24, 2.45) is 0 Å². The van der Waals surface area contributed by atoms with Crippen LogP contribution in [0.15, 0.2) is 0 Å². The summed E-state index contributed by atoms with van der Waals surface area (Å²) in [7, 11) is 0. The Hall–Kier alpha value is -1.34. The monoisotopic (exact) mass is 366 g/mol. The van der Waals surface area contributed by atoms with Gasteiger partial charge in [-0.2, -0.15) is 0 Å². The minimum absolute atomic E-state index is 0.465. The highest BCUT2D eigenvalue weighted by Crippen LogP contribution is 2.23. The third kappa shape index (κ3) is 5.85. The van der Waals surface area contributed by atoms with Gasteiger partial charge in [-0.05, 0) is 0 Å². The van der Waals surface area contributed by atoms with Crippen molar-refractivity contribution < 1.29 is 44.6 Å². The molecule has 2 amide bonds. The SMILES string of the molecule is CC(=O)N[C@H]1[C@H](O[C@@H](CO)[C@H](CO)NC(C)=O)O[C@H](CO)[C@H](O)[C@@H]1O. The predicted octanol–water partition coefficient (Wildman–Crippen LogP) is -4.20. The summed E-state index contributed by atoms with van der Waals surface area (Å²) in [5.41, 5.74) is 0. The van der Waals surface area contributed by atoms with Crippen molar-refractivity contribution in [3.05, 3.63) is 0 Å². The molecule has 7 N–H and O–H groups in total. The van der Waals surface area contributed by atoms with Gasteiger partial charge in [-0.3, -0.25) is 9.59 Å². The smallest absolute Gasteiger partial charge is 0.217 e. The summed E-state index contributed by atoms with van der Waals surface area (Å²) in [5.74, 6) is -0.996. The number of carbonyl (C=O) groups is 2. The van der Waals surface area contributed by atoms with Crippen LogP contribution in [0.4, 0.5) is 0 Å². The minimum Gasteiger partial charge on any atom is -0.394 e. The standard InChI is InChI=1S/C14H26N2O9/c1-6(20)15-8(3-17)9(4-18)24-14-11(16-7(2)21)13(23)12(22)10(5-19)25-14/h8-14,17-19,22-23H,3-5H2,1-2H3,(H,15,20)(H,16,21)/t8-,9-,10+,11+,12-,13+,14+/m0/s1. The van der Waals surface area contributed by atoms with E-state index < -0.39 is 74.4 Å². The van der Waals surface area contributed by atoms with Crippen LogP contribution in [0.25, 0.3) is 0 Å². The molecule has 0 spiro atoms. The van der Waals surface area contributed by atoms with Crippen LogP contribution in [-0.2, 0) is 19.1 Å². The highest BCUT2D eigenvalue weighted by Gasteiger charge is 2.46. The number of nitrogens with one attached hydrogen (secondary N) is 2. The van der Waals surface area contributed by atoms with Crippen LogP contribution in [0.5, 0.6) is 0 Å². The molecule has 11 heteroatoms. The molecule has 1 heterocycles. The van der Waals surface area contributed by atoms with E-state index >= 15 is 0 Å².